The Kier molecular flexibility index (Phi) is 7.21. The second kappa shape index (κ2) is 9.21. The number of carbonyl (C=O) groups excluding carboxylic acids is 3. The van der Waals surface area contributed by atoms with Crippen LogP contribution in [0.3, 0.4) is 0 Å². The van der Waals surface area contributed by atoms with E-state index in [1.165, 1.54) is 6.33 Å². The number of nitrogens with zero attached hydrogens (tertiary/aromatic N) is 3. The lowest BCUT2D eigenvalue weighted by Gasteiger charge is -2.43. The van der Waals surface area contributed by atoms with E-state index >= 15 is 0 Å². The first-order valence-corrected chi connectivity index (χ1v) is 10.2. The van der Waals surface area contributed by atoms with Gasteiger partial charge in [-0.2, -0.15) is 0 Å². The Labute approximate surface area is 167 Å². The van der Waals surface area contributed by atoms with Crippen LogP contribution in [0.4, 0.5) is 0 Å². The third-order valence-electron chi connectivity index (χ3n) is 5.05. The van der Waals surface area contributed by atoms with Gasteiger partial charge in [0.25, 0.3) is 11.8 Å². The fourth-order valence-corrected chi connectivity index (χ4v) is 3.41. The summed E-state index contributed by atoms with van der Waals surface area (Å²) < 4.78 is 1.64. The molecule has 8 heteroatoms. The Balaban J connectivity index is 2.32. The van der Waals surface area contributed by atoms with Crippen LogP contribution >= 0.6 is 0 Å². The molecule has 156 valence electrons. The van der Waals surface area contributed by atoms with Gasteiger partial charge in [-0.3, -0.25) is 14.4 Å². The first-order valence-electron chi connectivity index (χ1n) is 10.2. The number of nitrogens with one attached hydrogen (secondary N) is 2. The first-order chi connectivity index (χ1) is 13.3. The molecule has 8 nitrogen and oxygen atoms in total. The van der Waals surface area contributed by atoms with Gasteiger partial charge in [0.15, 0.2) is 5.69 Å². The van der Waals surface area contributed by atoms with Crippen LogP contribution in [0.1, 0.15) is 74.9 Å². The summed E-state index contributed by atoms with van der Waals surface area (Å²) in [5.41, 5.74) is -0.633. The lowest BCUT2D eigenvalue weighted by molar-refractivity contribution is -0.132. The van der Waals surface area contributed by atoms with E-state index in [9.17, 15) is 14.4 Å². The molecule has 1 aromatic rings. The van der Waals surface area contributed by atoms with Crippen molar-refractivity contribution in [2.45, 2.75) is 66.0 Å². The van der Waals surface area contributed by atoms with E-state index in [2.05, 4.69) is 29.5 Å². The molecule has 2 N–H and O–H groups in total. The molecule has 1 atom stereocenters. The van der Waals surface area contributed by atoms with Crippen molar-refractivity contribution in [3.63, 3.8) is 0 Å². The highest BCUT2D eigenvalue weighted by Crippen LogP contribution is 2.29. The smallest absolute Gasteiger partial charge is 0.273 e. The van der Waals surface area contributed by atoms with Gasteiger partial charge in [0, 0.05) is 19.6 Å². The van der Waals surface area contributed by atoms with Crippen LogP contribution in [-0.4, -0.2) is 57.3 Å². The van der Waals surface area contributed by atoms with Gasteiger partial charge in [-0.25, -0.2) is 4.98 Å². The number of hydrogen-bond donors (Lipinski definition) is 2. The van der Waals surface area contributed by atoms with Crippen molar-refractivity contribution in [2.24, 2.45) is 5.92 Å². The van der Waals surface area contributed by atoms with E-state index in [0.717, 1.165) is 12.8 Å². The normalized spacial score (nSPS) is 18.9. The molecule has 2 heterocycles. The largest absolute Gasteiger partial charge is 0.354 e. The second-order valence-electron chi connectivity index (χ2n) is 7.99. The Morgan fingerprint density at radius 1 is 1.21 bits per heavy atom. The number of rotatable bonds is 9. The topological polar surface area (TPSA) is 96.3 Å². The molecule has 2 rings (SSSR count). The number of hydrogen-bond acceptors (Lipinski definition) is 4. The fraction of sp³-hybridized carbons (Fsp3) is 0.700. The van der Waals surface area contributed by atoms with Crippen LogP contribution in [-0.2, 0) is 11.3 Å². The quantitative estimate of drug-likeness (QED) is 0.671. The van der Waals surface area contributed by atoms with Crippen molar-refractivity contribution < 1.29 is 14.4 Å². The van der Waals surface area contributed by atoms with E-state index in [4.69, 9.17) is 0 Å². The predicted molar refractivity (Wildman–Crippen MR) is 107 cm³/mol. The molecule has 1 aliphatic heterocycles. The molecule has 1 aliphatic rings. The van der Waals surface area contributed by atoms with Crippen molar-refractivity contribution in [1.29, 1.82) is 0 Å². The van der Waals surface area contributed by atoms with Crippen LogP contribution in [0.25, 0.3) is 0 Å². The van der Waals surface area contributed by atoms with Gasteiger partial charge in [-0.05, 0) is 32.1 Å². The maximum Gasteiger partial charge on any atom is 0.273 e. The molecule has 28 heavy (non-hydrogen) atoms. The van der Waals surface area contributed by atoms with Crippen LogP contribution in [0.2, 0.25) is 0 Å². The minimum atomic E-state index is -1.02. The number of amides is 3. The standard InChI is InChI=1S/C20H33N5O3/c1-6-9-21-17(26)15-16-18(27)25(11-7-2)20(5,12-24(16)13-23-15)19(28)22-10-8-14(3)4/h13-14H,6-12H2,1-5H3,(H,21,26)(H,22,28)/t20-/m1/s1. The summed E-state index contributed by atoms with van der Waals surface area (Å²) in [7, 11) is 0. The van der Waals surface area contributed by atoms with Gasteiger partial charge >= 0.3 is 0 Å². The number of fused-ring (bicyclic) bond motifs is 1. The molecular formula is C20H33N5O3. The molecule has 0 bridgehead atoms. The van der Waals surface area contributed by atoms with Crippen molar-refractivity contribution in [3.05, 3.63) is 17.7 Å². The van der Waals surface area contributed by atoms with Gasteiger partial charge in [0.1, 0.15) is 11.2 Å². The van der Waals surface area contributed by atoms with Gasteiger partial charge in [0.05, 0.1) is 12.9 Å². The maximum absolute atomic E-state index is 13.3. The molecule has 0 aliphatic carbocycles. The van der Waals surface area contributed by atoms with Crippen LogP contribution in [0.5, 0.6) is 0 Å². The fourth-order valence-electron chi connectivity index (χ4n) is 3.41. The van der Waals surface area contributed by atoms with E-state index in [-0.39, 0.29) is 35.7 Å². The minimum Gasteiger partial charge on any atom is -0.354 e. The van der Waals surface area contributed by atoms with Gasteiger partial charge in [0.2, 0.25) is 5.91 Å². The van der Waals surface area contributed by atoms with E-state index in [1.807, 2.05) is 13.8 Å². The molecule has 0 saturated heterocycles. The SMILES string of the molecule is CCCNC(=O)c1ncn2c1C(=O)N(CCC)[C@@](C)(C(=O)NCCC(C)C)C2. The molecule has 0 radical (unpaired) electrons. The molecule has 0 unspecified atom stereocenters. The lowest BCUT2D eigenvalue weighted by Crippen LogP contribution is -2.64. The summed E-state index contributed by atoms with van der Waals surface area (Å²) in [6.45, 7) is 11.7. The first kappa shape index (κ1) is 21.9. The second-order valence-corrected chi connectivity index (χ2v) is 7.99. The maximum atomic E-state index is 13.3. The number of imidazole rings is 1. The summed E-state index contributed by atoms with van der Waals surface area (Å²) >= 11 is 0. The van der Waals surface area contributed by atoms with Gasteiger partial charge in [-0.1, -0.05) is 27.7 Å². The third-order valence-corrected chi connectivity index (χ3v) is 5.05. The van der Waals surface area contributed by atoms with Crippen LogP contribution in [0, 0.1) is 5.92 Å². The Morgan fingerprint density at radius 2 is 1.93 bits per heavy atom. The number of carbonyl (C=O) groups is 3. The third kappa shape index (κ3) is 4.36. The van der Waals surface area contributed by atoms with E-state index < -0.39 is 5.54 Å². The summed E-state index contributed by atoms with van der Waals surface area (Å²) in [4.78, 5) is 44.5. The van der Waals surface area contributed by atoms with Crippen LogP contribution in [0.15, 0.2) is 6.33 Å². The monoisotopic (exact) mass is 391 g/mol. The molecule has 0 spiro atoms. The number of aromatic nitrogens is 2. The van der Waals surface area contributed by atoms with Gasteiger partial charge < -0.3 is 20.1 Å². The van der Waals surface area contributed by atoms with Crippen molar-refractivity contribution >= 4 is 17.7 Å². The van der Waals surface area contributed by atoms with E-state index in [0.29, 0.717) is 32.0 Å². The average molecular weight is 392 g/mol. The molecule has 3 amide bonds. The highest BCUT2D eigenvalue weighted by molar-refractivity contribution is 6.07. The minimum absolute atomic E-state index is 0.127. The lowest BCUT2D eigenvalue weighted by atomic mass is 9.93. The zero-order valence-electron chi connectivity index (χ0n) is 17.7. The van der Waals surface area contributed by atoms with Crippen molar-refractivity contribution in [2.75, 3.05) is 19.6 Å². The Bertz CT molecular complexity index is 727. The summed E-state index contributed by atoms with van der Waals surface area (Å²) in [6.07, 6.45) is 3.87. The summed E-state index contributed by atoms with van der Waals surface area (Å²) in [5, 5.41) is 5.75. The summed E-state index contributed by atoms with van der Waals surface area (Å²) in [5.74, 6) is -0.372. The van der Waals surface area contributed by atoms with Crippen LogP contribution < -0.4 is 10.6 Å². The highest BCUT2D eigenvalue weighted by atomic mass is 16.2. The van der Waals surface area contributed by atoms with E-state index in [1.54, 1.807) is 16.4 Å². The summed E-state index contributed by atoms with van der Waals surface area (Å²) in [6, 6.07) is 0. The Morgan fingerprint density at radius 3 is 2.54 bits per heavy atom. The molecule has 0 aromatic carbocycles. The molecule has 1 aromatic heterocycles. The van der Waals surface area contributed by atoms with Gasteiger partial charge in [-0.15, -0.1) is 0 Å². The average Bonchev–Trinajstić information content (AvgIpc) is 3.06. The molecule has 0 saturated carbocycles. The predicted octanol–water partition coefficient (Wildman–Crippen LogP) is 1.81. The highest BCUT2D eigenvalue weighted by Gasteiger charge is 2.48. The molecular weight excluding hydrogens is 358 g/mol. The zero-order chi connectivity index (χ0) is 20.9. The Hall–Kier alpha value is -2.38. The van der Waals surface area contributed by atoms with Crippen molar-refractivity contribution in [3.8, 4) is 0 Å². The molecule has 0 fully saturated rings. The van der Waals surface area contributed by atoms with Crippen molar-refractivity contribution in [1.82, 2.24) is 25.1 Å². The zero-order valence-corrected chi connectivity index (χ0v) is 17.7.